The molecular formula is C15H23NO. The molecule has 1 aliphatic carbocycles. The summed E-state index contributed by atoms with van der Waals surface area (Å²) in [6.45, 7) is 2.83. The molecule has 0 aliphatic heterocycles. The highest BCUT2D eigenvalue weighted by Crippen LogP contribution is 2.21. The summed E-state index contributed by atoms with van der Waals surface area (Å²) in [5, 5.41) is 0. The molecule has 1 aromatic rings. The van der Waals surface area contributed by atoms with Gasteiger partial charge in [0.25, 0.3) is 0 Å². The predicted molar refractivity (Wildman–Crippen MR) is 70.8 cm³/mol. The maximum absolute atomic E-state index is 6.16. The first-order valence-corrected chi connectivity index (χ1v) is 6.69. The average Bonchev–Trinajstić information content (AvgIpc) is 2.53. The fourth-order valence-electron chi connectivity index (χ4n) is 2.48. The van der Waals surface area contributed by atoms with Crippen LogP contribution in [0.4, 0.5) is 0 Å². The van der Waals surface area contributed by atoms with Gasteiger partial charge in [-0.3, -0.25) is 0 Å². The van der Waals surface area contributed by atoms with Crippen molar-refractivity contribution < 1.29 is 4.74 Å². The van der Waals surface area contributed by atoms with Gasteiger partial charge < -0.3 is 10.5 Å². The van der Waals surface area contributed by atoms with Gasteiger partial charge in [0.2, 0.25) is 0 Å². The molecule has 2 nitrogen and oxygen atoms in total. The second kappa shape index (κ2) is 6.18. The first-order valence-electron chi connectivity index (χ1n) is 6.69. The molecule has 0 heterocycles. The maximum Gasteiger partial charge on any atom is 0.0730 e. The minimum Gasteiger partial charge on any atom is -0.372 e. The molecule has 1 aliphatic rings. The standard InChI is InChI=1S/C15H23NO/c1-12-7-5-6-8-13(12)11-17-15-10-4-2-3-9-14(15)16/h5-8,14-15H,2-4,9-11,16H2,1H3. The molecule has 0 bridgehead atoms. The maximum atomic E-state index is 6.16. The molecule has 1 aromatic carbocycles. The third-order valence-electron chi connectivity index (χ3n) is 3.72. The Hall–Kier alpha value is -0.860. The molecule has 2 unspecified atom stereocenters. The molecule has 0 amide bonds. The highest BCUT2D eigenvalue weighted by atomic mass is 16.5. The summed E-state index contributed by atoms with van der Waals surface area (Å²) in [6.07, 6.45) is 6.29. The van der Waals surface area contributed by atoms with Gasteiger partial charge in [-0.2, -0.15) is 0 Å². The van der Waals surface area contributed by atoms with E-state index in [1.54, 1.807) is 0 Å². The van der Waals surface area contributed by atoms with Gasteiger partial charge in [0.05, 0.1) is 12.7 Å². The van der Waals surface area contributed by atoms with Crippen molar-refractivity contribution in [1.82, 2.24) is 0 Å². The quantitative estimate of drug-likeness (QED) is 0.814. The van der Waals surface area contributed by atoms with E-state index in [1.807, 2.05) is 0 Å². The van der Waals surface area contributed by atoms with Gasteiger partial charge >= 0.3 is 0 Å². The second-order valence-corrected chi connectivity index (χ2v) is 5.08. The molecule has 0 aromatic heterocycles. The number of nitrogens with two attached hydrogens (primary N) is 1. The molecule has 2 N–H and O–H groups in total. The Bertz CT molecular complexity index is 351. The molecule has 0 spiro atoms. The zero-order valence-electron chi connectivity index (χ0n) is 10.7. The van der Waals surface area contributed by atoms with Crippen LogP contribution in [0.25, 0.3) is 0 Å². The van der Waals surface area contributed by atoms with Crippen LogP contribution in [-0.2, 0) is 11.3 Å². The summed E-state index contributed by atoms with van der Waals surface area (Å²) in [5.41, 5.74) is 8.74. The predicted octanol–water partition coefficient (Wildman–Crippen LogP) is 3.17. The minimum atomic E-state index is 0.224. The fourth-order valence-corrected chi connectivity index (χ4v) is 2.48. The van der Waals surface area contributed by atoms with Crippen LogP contribution in [-0.4, -0.2) is 12.1 Å². The zero-order valence-corrected chi connectivity index (χ0v) is 10.7. The van der Waals surface area contributed by atoms with Crippen LogP contribution in [0.1, 0.15) is 43.2 Å². The van der Waals surface area contributed by atoms with Crippen molar-refractivity contribution in [3.63, 3.8) is 0 Å². The van der Waals surface area contributed by atoms with Crippen molar-refractivity contribution in [3.8, 4) is 0 Å². The highest BCUT2D eigenvalue weighted by Gasteiger charge is 2.20. The lowest BCUT2D eigenvalue weighted by atomic mass is 10.1. The monoisotopic (exact) mass is 233 g/mol. The van der Waals surface area contributed by atoms with Gasteiger partial charge in [0.1, 0.15) is 0 Å². The van der Waals surface area contributed by atoms with Crippen LogP contribution in [0.15, 0.2) is 24.3 Å². The minimum absolute atomic E-state index is 0.224. The van der Waals surface area contributed by atoms with E-state index in [0.29, 0.717) is 6.61 Å². The normalized spacial score (nSPS) is 25.5. The lowest BCUT2D eigenvalue weighted by Gasteiger charge is -2.22. The van der Waals surface area contributed by atoms with Crippen molar-refractivity contribution in [2.45, 2.75) is 57.8 Å². The van der Waals surface area contributed by atoms with Gasteiger partial charge in [-0.05, 0) is 30.9 Å². The van der Waals surface area contributed by atoms with Crippen LogP contribution in [0, 0.1) is 6.92 Å². The SMILES string of the molecule is Cc1ccccc1COC1CCCCCC1N. The summed E-state index contributed by atoms with van der Waals surface area (Å²) in [5.74, 6) is 0. The first-order chi connectivity index (χ1) is 8.27. The van der Waals surface area contributed by atoms with Gasteiger partial charge in [0, 0.05) is 6.04 Å². The topological polar surface area (TPSA) is 35.2 Å². The molecule has 94 valence electrons. The smallest absolute Gasteiger partial charge is 0.0730 e. The average molecular weight is 233 g/mol. The van der Waals surface area contributed by atoms with E-state index in [-0.39, 0.29) is 12.1 Å². The fraction of sp³-hybridized carbons (Fsp3) is 0.600. The third-order valence-corrected chi connectivity index (χ3v) is 3.72. The number of ether oxygens (including phenoxy) is 1. The zero-order chi connectivity index (χ0) is 12.1. The highest BCUT2D eigenvalue weighted by molar-refractivity contribution is 5.24. The summed E-state index contributed by atoms with van der Waals surface area (Å²) in [4.78, 5) is 0. The number of aryl methyl sites for hydroxylation is 1. The Morgan fingerprint density at radius 2 is 1.94 bits per heavy atom. The van der Waals surface area contributed by atoms with Crippen molar-refractivity contribution >= 4 is 0 Å². The largest absolute Gasteiger partial charge is 0.372 e. The summed E-state index contributed by atoms with van der Waals surface area (Å²) >= 11 is 0. The summed E-state index contributed by atoms with van der Waals surface area (Å²) in [7, 11) is 0. The van der Waals surface area contributed by atoms with Crippen molar-refractivity contribution in [3.05, 3.63) is 35.4 Å². The molecule has 2 heteroatoms. The van der Waals surface area contributed by atoms with Crippen LogP contribution in [0.3, 0.4) is 0 Å². The summed E-state index contributed by atoms with van der Waals surface area (Å²) < 4.78 is 6.02. The lowest BCUT2D eigenvalue weighted by Crippen LogP contribution is -2.35. The molecule has 2 atom stereocenters. The molecular weight excluding hydrogens is 210 g/mol. The molecule has 0 saturated heterocycles. The molecule has 2 rings (SSSR count). The number of benzene rings is 1. The van der Waals surface area contributed by atoms with Gasteiger partial charge in [0.15, 0.2) is 0 Å². The van der Waals surface area contributed by atoms with E-state index in [4.69, 9.17) is 10.5 Å². The van der Waals surface area contributed by atoms with Gasteiger partial charge in [-0.1, -0.05) is 43.5 Å². The lowest BCUT2D eigenvalue weighted by molar-refractivity contribution is 0.0192. The van der Waals surface area contributed by atoms with Crippen LogP contribution >= 0.6 is 0 Å². The van der Waals surface area contributed by atoms with E-state index >= 15 is 0 Å². The van der Waals surface area contributed by atoms with Crippen LogP contribution in [0.5, 0.6) is 0 Å². The van der Waals surface area contributed by atoms with Gasteiger partial charge in [-0.15, -0.1) is 0 Å². The second-order valence-electron chi connectivity index (χ2n) is 5.08. The van der Waals surface area contributed by atoms with Crippen LogP contribution < -0.4 is 5.73 Å². The van der Waals surface area contributed by atoms with E-state index in [1.165, 1.54) is 30.4 Å². The van der Waals surface area contributed by atoms with Crippen molar-refractivity contribution in [1.29, 1.82) is 0 Å². The van der Waals surface area contributed by atoms with E-state index < -0.39 is 0 Å². The van der Waals surface area contributed by atoms with E-state index in [9.17, 15) is 0 Å². The Morgan fingerprint density at radius 3 is 2.76 bits per heavy atom. The third kappa shape index (κ3) is 3.55. The Balaban J connectivity index is 1.90. The van der Waals surface area contributed by atoms with Crippen LogP contribution in [0.2, 0.25) is 0 Å². The van der Waals surface area contributed by atoms with Gasteiger partial charge in [-0.25, -0.2) is 0 Å². The first kappa shape index (κ1) is 12.6. The Labute approximate surface area is 104 Å². The Kier molecular flexibility index (Phi) is 4.57. The van der Waals surface area contributed by atoms with E-state index in [2.05, 4.69) is 31.2 Å². The molecule has 1 saturated carbocycles. The number of rotatable bonds is 3. The molecule has 0 radical (unpaired) electrons. The van der Waals surface area contributed by atoms with Crippen molar-refractivity contribution in [2.24, 2.45) is 5.73 Å². The van der Waals surface area contributed by atoms with Crippen molar-refractivity contribution in [2.75, 3.05) is 0 Å². The molecule has 1 fully saturated rings. The molecule has 17 heavy (non-hydrogen) atoms. The van der Waals surface area contributed by atoms with E-state index in [0.717, 1.165) is 12.8 Å². The summed E-state index contributed by atoms with van der Waals surface area (Å²) in [6, 6.07) is 8.62. The Morgan fingerprint density at radius 1 is 1.18 bits per heavy atom. The number of hydrogen-bond acceptors (Lipinski definition) is 2. The number of hydrogen-bond donors (Lipinski definition) is 1.